The number of ether oxygens (including phenoxy) is 2. The Morgan fingerprint density at radius 3 is 2.75 bits per heavy atom. The molecule has 3 atom stereocenters. The fourth-order valence-corrected chi connectivity index (χ4v) is 2.84. The molecule has 1 aromatic rings. The zero-order chi connectivity index (χ0) is 14.7. The summed E-state index contributed by atoms with van der Waals surface area (Å²) in [6.45, 7) is 3.00. The molecule has 1 aliphatic rings. The van der Waals surface area contributed by atoms with Crippen LogP contribution in [0.4, 0.5) is 8.78 Å². The molecule has 0 saturated heterocycles. The van der Waals surface area contributed by atoms with E-state index in [0.29, 0.717) is 0 Å². The first kappa shape index (κ1) is 15.7. The Labute approximate surface area is 125 Å². The van der Waals surface area contributed by atoms with Crippen molar-refractivity contribution in [3.8, 4) is 5.75 Å². The summed E-state index contributed by atoms with van der Waals surface area (Å²) < 4.78 is 38.0. The highest BCUT2D eigenvalue weighted by molar-refractivity contribution is 9.10. The maximum Gasteiger partial charge on any atom is 0.169 e. The summed E-state index contributed by atoms with van der Waals surface area (Å²) in [6, 6.07) is 2.21. The molecule has 3 nitrogen and oxygen atoms in total. The monoisotopic (exact) mass is 349 g/mol. The molecule has 0 heterocycles. The van der Waals surface area contributed by atoms with Crippen LogP contribution in [0.1, 0.15) is 19.8 Å². The van der Waals surface area contributed by atoms with Crippen LogP contribution in [0.15, 0.2) is 16.6 Å². The van der Waals surface area contributed by atoms with Gasteiger partial charge >= 0.3 is 0 Å². The SMILES string of the molecule is CCCNC1CC(Oc2c(F)cc(F)cc2Br)C1OC. The molecular weight excluding hydrogens is 332 g/mol. The Kier molecular flexibility index (Phi) is 5.35. The van der Waals surface area contributed by atoms with Crippen LogP contribution in [0, 0.1) is 11.6 Å². The molecule has 3 unspecified atom stereocenters. The Hall–Kier alpha value is -0.720. The zero-order valence-corrected chi connectivity index (χ0v) is 13.0. The average molecular weight is 350 g/mol. The summed E-state index contributed by atoms with van der Waals surface area (Å²) in [5.74, 6) is -1.31. The second kappa shape index (κ2) is 6.83. The standard InChI is InChI=1S/C14H18BrF2NO2/c1-3-4-18-11-7-12(14(11)19-2)20-13-9(15)5-8(16)6-10(13)17/h5-6,11-12,14,18H,3-4,7H2,1-2H3. The van der Waals surface area contributed by atoms with Crippen molar-refractivity contribution in [3.05, 3.63) is 28.2 Å². The van der Waals surface area contributed by atoms with E-state index < -0.39 is 11.6 Å². The van der Waals surface area contributed by atoms with Gasteiger partial charge in [0.15, 0.2) is 11.6 Å². The fraction of sp³-hybridized carbons (Fsp3) is 0.571. The lowest BCUT2D eigenvalue weighted by Crippen LogP contribution is -2.61. The first-order valence-corrected chi connectivity index (χ1v) is 7.43. The zero-order valence-electron chi connectivity index (χ0n) is 11.5. The van der Waals surface area contributed by atoms with Gasteiger partial charge in [-0.2, -0.15) is 0 Å². The summed E-state index contributed by atoms with van der Waals surface area (Å²) in [4.78, 5) is 0. The van der Waals surface area contributed by atoms with Crippen molar-refractivity contribution in [1.82, 2.24) is 5.32 Å². The van der Waals surface area contributed by atoms with Crippen LogP contribution >= 0.6 is 15.9 Å². The summed E-state index contributed by atoms with van der Waals surface area (Å²) >= 11 is 3.12. The highest BCUT2D eigenvalue weighted by Gasteiger charge is 2.43. The minimum atomic E-state index is -0.711. The Morgan fingerprint density at radius 2 is 2.15 bits per heavy atom. The number of methoxy groups -OCH3 is 1. The van der Waals surface area contributed by atoms with Crippen LogP contribution in [0.3, 0.4) is 0 Å². The van der Waals surface area contributed by atoms with Crippen LogP contribution in [0.25, 0.3) is 0 Å². The molecule has 2 rings (SSSR count). The van der Waals surface area contributed by atoms with Gasteiger partial charge in [-0.25, -0.2) is 8.78 Å². The largest absolute Gasteiger partial charge is 0.483 e. The summed E-state index contributed by atoms with van der Waals surface area (Å²) in [6.07, 6.45) is 1.42. The van der Waals surface area contributed by atoms with E-state index >= 15 is 0 Å². The molecule has 0 radical (unpaired) electrons. The molecule has 1 aromatic carbocycles. The third-order valence-corrected chi connectivity index (χ3v) is 4.00. The molecule has 1 fully saturated rings. The van der Waals surface area contributed by atoms with E-state index in [-0.39, 0.29) is 28.5 Å². The lowest BCUT2D eigenvalue weighted by Gasteiger charge is -2.43. The van der Waals surface area contributed by atoms with Crippen LogP contribution in [-0.2, 0) is 4.74 Å². The molecule has 1 N–H and O–H groups in total. The van der Waals surface area contributed by atoms with Gasteiger partial charge in [0.1, 0.15) is 18.0 Å². The highest BCUT2D eigenvalue weighted by atomic mass is 79.9. The molecule has 0 amide bonds. The van der Waals surface area contributed by atoms with Gasteiger partial charge in [0.25, 0.3) is 0 Å². The van der Waals surface area contributed by atoms with Crippen molar-refractivity contribution in [2.24, 2.45) is 0 Å². The number of halogens is 3. The van der Waals surface area contributed by atoms with Crippen LogP contribution in [-0.4, -0.2) is 31.9 Å². The topological polar surface area (TPSA) is 30.5 Å². The maximum absolute atomic E-state index is 13.7. The first-order chi connectivity index (χ1) is 9.56. The molecule has 0 aliphatic heterocycles. The van der Waals surface area contributed by atoms with Crippen molar-refractivity contribution in [2.45, 2.75) is 38.0 Å². The van der Waals surface area contributed by atoms with Gasteiger partial charge in [0.05, 0.1) is 4.47 Å². The van der Waals surface area contributed by atoms with Crippen molar-refractivity contribution >= 4 is 15.9 Å². The van der Waals surface area contributed by atoms with Gasteiger partial charge < -0.3 is 14.8 Å². The van der Waals surface area contributed by atoms with E-state index in [2.05, 4.69) is 28.2 Å². The molecular formula is C14H18BrF2NO2. The van der Waals surface area contributed by atoms with Crippen molar-refractivity contribution in [2.75, 3.05) is 13.7 Å². The van der Waals surface area contributed by atoms with Gasteiger partial charge in [0, 0.05) is 25.6 Å². The lowest BCUT2D eigenvalue weighted by molar-refractivity contribution is -0.0900. The van der Waals surface area contributed by atoms with Crippen LogP contribution in [0.5, 0.6) is 5.75 Å². The molecule has 0 bridgehead atoms. The third kappa shape index (κ3) is 3.30. The normalized spacial score (nSPS) is 25.4. The quantitative estimate of drug-likeness (QED) is 0.854. The molecule has 6 heteroatoms. The summed E-state index contributed by atoms with van der Waals surface area (Å²) in [5, 5.41) is 3.35. The van der Waals surface area contributed by atoms with Crippen LogP contribution in [0.2, 0.25) is 0 Å². The predicted molar refractivity (Wildman–Crippen MR) is 76.0 cm³/mol. The molecule has 20 heavy (non-hydrogen) atoms. The summed E-state index contributed by atoms with van der Waals surface area (Å²) in [7, 11) is 1.61. The summed E-state index contributed by atoms with van der Waals surface area (Å²) in [5.41, 5.74) is 0. The Morgan fingerprint density at radius 1 is 1.40 bits per heavy atom. The molecule has 1 aliphatic carbocycles. The Balaban J connectivity index is 2.01. The maximum atomic E-state index is 13.7. The lowest BCUT2D eigenvalue weighted by atomic mass is 9.85. The van der Waals surface area contributed by atoms with Crippen molar-refractivity contribution < 1.29 is 18.3 Å². The van der Waals surface area contributed by atoms with Crippen molar-refractivity contribution in [3.63, 3.8) is 0 Å². The second-order valence-electron chi connectivity index (χ2n) is 4.85. The smallest absolute Gasteiger partial charge is 0.169 e. The third-order valence-electron chi connectivity index (χ3n) is 3.41. The number of nitrogens with one attached hydrogen (secondary N) is 1. The minimum Gasteiger partial charge on any atom is -0.483 e. The van der Waals surface area contributed by atoms with E-state index in [0.717, 1.165) is 25.5 Å². The van der Waals surface area contributed by atoms with E-state index in [9.17, 15) is 8.78 Å². The number of benzene rings is 1. The van der Waals surface area contributed by atoms with E-state index in [1.165, 1.54) is 6.07 Å². The number of hydrogen-bond donors (Lipinski definition) is 1. The van der Waals surface area contributed by atoms with Gasteiger partial charge in [-0.3, -0.25) is 0 Å². The minimum absolute atomic E-state index is 0.0346. The number of hydrogen-bond acceptors (Lipinski definition) is 3. The molecule has 1 saturated carbocycles. The molecule has 0 aromatic heterocycles. The number of rotatable bonds is 6. The van der Waals surface area contributed by atoms with Gasteiger partial charge in [-0.15, -0.1) is 0 Å². The van der Waals surface area contributed by atoms with Crippen LogP contribution < -0.4 is 10.1 Å². The fourth-order valence-electron chi connectivity index (χ4n) is 2.34. The van der Waals surface area contributed by atoms with Crippen molar-refractivity contribution in [1.29, 1.82) is 0 Å². The average Bonchev–Trinajstić information content (AvgIpc) is 2.35. The highest BCUT2D eigenvalue weighted by Crippen LogP contribution is 2.35. The predicted octanol–water partition coefficient (Wildman–Crippen LogP) is 3.26. The molecule has 0 spiro atoms. The molecule has 112 valence electrons. The van der Waals surface area contributed by atoms with E-state index in [1.807, 2.05) is 0 Å². The first-order valence-electron chi connectivity index (χ1n) is 6.64. The van der Waals surface area contributed by atoms with Gasteiger partial charge in [-0.1, -0.05) is 6.92 Å². The van der Waals surface area contributed by atoms with Gasteiger partial charge in [0.2, 0.25) is 0 Å². The van der Waals surface area contributed by atoms with E-state index in [1.54, 1.807) is 7.11 Å². The van der Waals surface area contributed by atoms with Gasteiger partial charge in [-0.05, 0) is 35.0 Å². The second-order valence-corrected chi connectivity index (χ2v) is 5.71. The Bertz CT molecular complexity index is 449. The van der Waals surface area contributed by atoms with E-state index in [4.69, 9.17) is 9.47 Å².